The number of rotatable bonds is 10. The van der Waals surface area contributed by atoms with E-state index in [1.807, 2.05) is 66.7 Å². The Balaban J connectivity index is 1.42. The topological polar surface area (TPSA) is 80.6 Å². The summed E-state index contributed by atoms with van der Waals surface area (Å²) in [5.41, 5.74) is 3.23. The standard InChI is InChI=1S/C31H24BrIN2O4/c1-37-29-17-23(16-28(33)30(29)39-20-22-7-9-25(32)10-8-22)15-24(18-34)31(36)35-26-11-13-27(14-12-26)38-19-21-5-3-2-4-6-21/h2-17H,19-20H2,1H3,(H,35,36)/b24-15+. The van der Waals surface area contributed by atoms with Crippen molar-refractivity contribution in [1.82, 2.24) is 0 Å². The van der Waals surface area contributed by atoms with E-state index in [1.54, 1.807) is 37.4 Å². The number of anilines is 1. The van der Waals surface area contributed by atoms with Crippen molar-refractivity contribution in [3.05, 3.63) is 121 Å². The first-order chi connectivity index (χ1) is 18.9. The van der Waals surface area contributed by atoms with Gasteiger partial charge in [0.15, 0.2) is 11.5 Å². The molecule has 0 fully saturated rings. The molecular weight excluding hydrogens is 671 g/mol. The summed E-state index contributed by atoms with van der Waals surface area (Å²) >= 11 is 5.58. The van der Waals surface area contributed by atoms with E-state index in [0.717, 1.165) is 19.2 Å². The van der Waals surface area contributed by atoms with Crippen molar-refractivity contribution < 1.29 is 19.0 Å². The third-order valence-corrected chi connectivity index (χ3v) is 6.91. The summed E-state index contributed by atoms with van der Waals surface area (Å²) in [5, 5.41) is 12.4. The van der Waals surface area contributed by atoms with Crippen LogP contribution in [0.15, 0.2) is 101 Å². The molecule has 1 amide bonds. The van der Waals surface area contributed by atoms with Gasteiger partial charge in [-0.3, -0.25) is 4.79 Å². The summed E-state index contributed by atoms with van der Waals surface area (Å²) in [6.07, 6.45) is 1.52. The van der Waals surface area contributed by atoms with Gasteiger partial charge in [-0.05, 0) is 93.9 Å². The van der Waals surface area contributed by atoms with Crippen LogP contribution in [-0.2, 0) is 18.0 Å². The lowest BCUT2D eigenvalue weighted by Crippen LogP contribution is -2.13. The molecule has 0 saturated carbocycles. The molecule has 0 unspecified atom stereocenters. The fraction of sp³-hybridized carbons (Fsp3) is 0.0968. The second kappa shape index (κ2) is 13.8. The molecule has 0 aromatic heterocycles. The van der Waals surface area contributed by atoms with Crippen LogP contribution in [0.4, 0.5) is 5.69 Å². The number of amides is 1. The lowest BCUT2D eigenvalue weighted by atomic mass is 10.1. The van der Waals surface area contributed by atoms with Crippen LogP contribution in [0.3, 0.4) is 0 Å². The van der Waals surface area contributed by atoms with Crippen LogP contribution >= 0.6 is 38.5 Å². The van der Waals surface area contributed by atoms with Gasteiger partial charge in [0.2, 0.25) is 0 Å². The Labute approximate surface area is 249 Å². The van der Waals surface area contributed by atoms with E-state index in [9.17, 15) is 10.1 Å². The minimum Gasteiger partial charge on any atom is -0.493 e. The first-order valence-corrected chi connectivity index (χ1v) is 13.8. The largest absolute Gasteiger partial charge is 0.493 e. The average molecular weight is 695 g/mol. The summed E-state index contributed by atoms with van der Waals surface area (Å²) in [4.78, 5) is 12.8. The molecule has 4 aromatic rings. The highest BCUT2D eigenvalue weighted by atomic mass is 127. The number of hydrogen-bond donors (Lipinski definition) is 1. The van der Waals surface area contributed by atoms with Gasteiger partial charge in [-0.1, -0.05) is 58.4 Å². The summed E-state index contributed by atoms with van der Waals surface area (Å²) in [7, 11) is 1.55. The van der Waals surface area contributed by atoms with Crippen molar-refractivity contribution in [3.8, 4) is 23.3 Å². The molecule has 4 rings (SSSR count). The van der Waals surface area contributed by atoms with Crippen molar-refractivity contribution >= 4 is 56.2 Å². The van der Waals surface area contributed by atoms with Crippen molar-refractivity contribution in [2.75, 3.05) is 12.4 Å². The molecule has 0 aliphatic carbocycles. The number of hydrogen-bond acceptors (Lipinski definition) is 5. The van der Waals surface area contributed by atoms with Gasteiger partial charge in [-0.25, -0.2) is 0 Å². The van der Waals surface area contributed by atoms with Gasteiger partial charge in [0.05, 0.1) is 10.7 Å². The number of nitriles is 1. The number of halogens is 2. The summed E-state index contributed by atoms with van der Waals surface area (Å²) in [5.74, 6) is 1.27. The third kappa shape index (κ3) is 8.09. The first-order valence-electron chi connectivity index (χ1n) is 11.9. The zero-order valence-electron chi connectivity index (χ0n) is 21.0. The van der Waals surface area contributed by atoms with Crippen LogP contribution in [0, 0.1) is 14.9 Å². The Kier molecular flexibility index (Phi) is 10.00. The van der Waals surface area contributed by atoms with Crippen LogP contribution < -0.4 is 19.5 Å². The molecule has 196 valence electrons. The van der Waals surface area contributed by atoms with E-state index in [0.29, 0.717) is 41.7 Å². The van der Waals surface area contributed by atoms with E-state index in [-0.39, 0.29) is 5.57 Å². The van der Waals surface area contributed by atoms with Crippen LogP contribution in [0.1, 0.15) is 16.7 Å². The zero-order valence-corrected chi connectivity index (χ0v) is 24.7. The van der Waals surface area contributed by atoms with Crippen molar-refractivity contribution in [2.24, 2.45) is 0 Å². The van der Waals surface area contributed by atoms with Crippen molar-refractivity contribution in [1.29, 1.82) is 5.26 Å². The van der Waals surface area contributed by atoms with Crippen LogP contribution in [0.25, 0.3) is 6.08 Å². The Hall–Kier alpha value is -3.81. The number of carbonyl (C=O) groups is 1. The maximum absolute atomic E-state index is 12.8. The Morgan fingerprint density at radius 1 is 0.949 bits per heavy atom. The van der Waals surface area contributed by atoms with Crippen LogP contribution in [-0.4, -0.2) is 13.0 Å². The second-order valence-corrected chi connectivity index (χ2v) is 10.4. The number of carbonyl (C=O) groups excluding carboxylic acids is 1. The lowest BCUT2D eigenvalue weighted by molar-refractivity contribution is -0.112. The van der Waals surface area contributed by atoms with E-state index < -0.39 is 5.91 Å². The lowest BCUT2D eigenvalue weighted by Gasteiger charge is -2.14. The quantitative estimate of drug-likeness (QED) is 0.104. The maximum Gasteiger partial charge on any atom is 0.266 e. The second-order valence-electron chi connectivity index (χ2n) is 8.37. The van der Waals surface area contributed by atoms with Gasteiger partial charge in [-0.2, -0.15) is 5.26 Å². The number of nitrogens with zero attached hydrogens (tertiary/aromatic N) is 1. The fourth-order valence-electron chi connectivity index (χ4n) is 3.59. The highest BCUT2D eigenvalue weighted by molar-refractivity contribution is 14.1. The summed E-state index contributed by atoms with van der Waals surface area (Å²) in [6, 6.07) is 30.3. The molecule has 0 saturated heterocycles. The first kappa shape index (κ1) is 28.2. The maximum atomic E-state index is 12.8. The molecule has 39 heavy (non-hydrogen) atoms. The molecule has 0 aliphatic rings. The van der Waals surface area contributed by atoms with Crippen molar-refractivity contribution in [3.63, 3.8) is 0 Å². The Bertz CT molecular complexity index is 1500. The third-order valence-electron chi connectivity index (χ3n) is 5.58. The monoisotopic (exact) mass is 694 g/mol. The SMILES string of the molecule is COc1cc(/C=C(\C#N)C(=O)Nc2ccc(OCc3ccccc3)cc2)cc(I)c1OCc1ccc(Br)cc1. The average Bonchev–Trinajstić information content (AvgIpc) is 2.96. The van der Waals surface area contributed by atoms with Crippen LogP contribution in [0.5, 0.6) is 17.2 Å². The van der Waals surface area contributed by atoms with Gasteiger partial charge in [0, 0.05) is 10.2 Å². The normalized spacial score (nSPS) is 10.9. The predicted octanol–water partition coefficient (Wildman–Crippen LogP) is 7.77. The van der Waals surface area contributed by atoms with Gasteiger partial charge >= 0.3 is 0 Å². The van der Waals surface area contributed by atoms with Gasteiger partial charge < -0.3 is 19.5 Å². The van der Waals surface area contributed by atoms with Crippen LogP contribution in [0.2, 0.25) is 0 Å². The van der Waals surface area contributed by atoms with Gasteiger partial charge in [0.1, 0.15) is 30.6 Å². The van der Waals surface area contributed by atoms with E-state index in [4.69, 9.17) is 14.2 Å². The summed E-state index contributed by atoms with van der Waals surface area (Å²) in [6.45, 7) is 0.820. The molecule has 0 heterocycles. The minimum absolute atomic E-state index is 0.0409. The zero-order chi connectivity index (χ0) is 27.6. The predicted molar refractivity (Wildman–Crippen MR) is 164 cm³/mol. The molecule has 0 atom stereocenters. The van der Waals surface area contributed by atoms with Gasteiger partial charge in [0.25, 0.3) is 5.91 Å². The van der Waals surface area contributed by atoms with E-state index >= 15 is 0 Å². The molecule has 0 spiro atoms. The Morgan fingerprint density at radius 2 is 1.62 bits per heavy atom. The molecule has 0 aliphatic heterocycles. The molecule has 8 heteroatoms. The molecule has 0 bridgehead atoms. The number of nitrogens with one attached hydrogen (secondary N) is 1. The van der Waals surface area contributed by atoms with Crippen molar-refractivity contribution in [2.45, 2.75) is 13.2 Å². The number of ether oxygens (including phenoxy) is 3. The highest BCUT2D eigenvalue weighted by Gasteiger charge is 2.14. The van der Waals surface area contributed by atoms with E-state index in [2.05, 4.69) is 43.8 Å². The molecule has 0 radical (unpaired) electrons. The highest BCUT2D eigenvalue weighted by Crippen LogP contribution is 2.35. The molecule has 1 N–H and O–H groups in total. The van der Waals surface area contributed by atoms with Gasteiger partial charge in [-0.15, -0.1) is 0 Å². The summed E-state index contributed by atoms with van der Waals surface area (Å²) < 4.78 is 19.1. The molecule has 6 nitrogen and oxygen atoms in total. The number of benzene rings is 4. The van der Waals surface area contributed by atoms with E-state index in [1.165, 1.54) is 6.08 Å². The fourth-order valence-corrected chi connectivity index (χ4v) is 4.63. The minimum atomic E-state index is -0.514. The molecular formula is C31H24BrIN2O4. The number of methoxy groups -OCH3 is 1. The Morgan fingerprint density at radius 3 is 2.28 bits per heavy atom. The smallest absolute Gasteiger partial charge is 0.266 e. The molecule has 4 aromatic carbocycles.